The van der Waals surface area contributed by atoms with Crippen molar-refractivity contribution < 1.29 is 9.90 Å². The number of aromatic nitrogens is 1. The van der Waals surface area contributed by atoms with E-state index in [0.717, 1.165) is 11.3 Å². The van der Waals surface area contributed by atoms with Crippen LogP contribution in [0.3, 0.4) is 0 Å². The molecule has 1 aromatic heterocycles. The second-order valence-corrected chi connectivity index (χ2v) is 4.23. The Morgan fingerprint density at radius 1 is 1.33 bits per heavy atom. The molecule has 0 saturated carbocycles. The third kappa shape index (κ3) is 2.78. The van der Waals surface area contributed by atoms with Crippen molar-refractivity contribution in [2.24, 2.45) is 0 Å². The molecule has 0 spiro atoms. The molecule has 0 saturated heterocycles. The van der Waals surface area contributed by atoms with Crippen molar-refractivity contribution in [2.75, 3.05) is 5.32 Å². The third-order valence-corrected chi connectivity index (χ3v) is 2.64. The average molecular weight is 263 g/mol. The predicted molar refractivity (Wildman–Crippen MR) is 70.7 cm³/mol. The van der Waals surface area contributed by atoms with E-state index < -0.39 is 5.97 Å². The SMILES string of the molecule is Cc1cccc(Nc2ccc(Cl)c(C(=O)O)n2)c1. The number of nitrogens with one attached hydrogen (secondary N) is 1. The van der Waals surface area contributed by atoms with Crippen molar-refractivity contribution in [3.63, 3.8) is 0 Å². The molecule has 0 fully saturated rings. The quantitative estimate of drug-likeness (QED) is 0.889. The summed E-state index contributed by atoms with van der Waals surface area (Å²) < 4.78 is 0. The van der Waals surface area contributed by atoms with Gasteiger partial charge in [0, 0.05) is 5.69 Å². The molecule has 18 heavy (non-hydrogen) atoms. The number of carboxylic acid groups (broad SMARTS) is 1. The molecule has 2 aromatic rings. The molecule has 0 radical (unpaired) electrons. The first-order valence-electron chi connectivity index (χ1n) is 5.30. The summed E-state index contributed by atoms with van der Waals surface area (Å²) in [5.41, 5.74) is 1.79. The molecule has 92 valence electrons. The Hall–Kier alpha value is -2.07. The fourth-order valence-electron chi connectivity index (χ4n) is 1.53. The smallest absolute Gasteiger partial charge is 0.356 e. The Bertz CT molecular complexity index is 599. The first kappa shape index (κ1) is 12.4. The number of halogens is 1. The summed E-state index contributed by atoms with van der Waals surface area (Å²) in [6.45, 7) is 1.98. The molecule has 0 amide bonds. The van der Waals surface area contributed by atoms with Crippen LogP contribution in [0.5, 0.6) is 0 Å². The molecule has 0 aliphatic carbocycles. The Labute approximate surface area is 109 Å². The zero-order valence-electron chi connectivity index (χ0n) is 9.64. The highest BCUT2D eigenvalue weighted by molar-refractivity contribution is 6.33. The lowest BCUT2D eigenvalue weighted by Crippen LogP contribution is -2.04. The van der Waals surface area contributed by atoms with Gasteiger partial charge in [0.1, 0.15) is 5.82 Å². The Balaban J connectivity index is 2.30. The highest BCUT2D eigenvalue weighted by Gasteiger charge is 2.11. The van der Waals surface area contributed by atoms with Crippen LogP contribution in [0.1, 0.15) is 16.1 Å². The Kier molecular flexibility index (Phi) is 3.48. The number of benzene rings is 1. The Morgan fingerprint density at radius 2 is 2.11 bits per heavy atom. The van der Waals surface area contributed by atoms with Crippen LogP contribution in [-0.4, -0.2) is 16.1 Å². The number of hydrogen-bond donors (Lipinski definition) is 2. The second-order valence-electron chi connectivity index (χ2n) is 3.83. The second kappa shape index (κ2) is 5.06. The number of nitrogens with zero attached hydrogens (tertiary/aromatic N) is 1. The average Bonchev–Trinajstić information content (AvgIpc) is 2.31. The number of carbonyl (C=O) groups is 1. The fraction of sp³-hybridized carbons (Fsp3) is 0.0769. The van der Waals surface area contributed by atoms with E-state index in [1.807, 2.05) is 31.2 Å². The highest BCUT2D eigenvalue weighted by atomic mass is 35.5. The molecule has 0 unspecified atom stereocenters. The van der Waals surface area contributed by atoms with Crippen molar-refractivity contribution in [3.05, 3.63) is 52.7 Å². The summed E-state index contributed by atoms with van der Waals surface area (Å²) in [6, 6.07) is 10.8. The van der Waals surface area contributed by atoms with Crippen LogP contribution >= 0.6 is 11.6 Å². The van der Waals surface area contributed by atoms with Gasteiger partial charge in [-0.15, -0.1) is 0 Å². The summed E-state index contributed by atoms with van der Waals surface area (Å²) in [4.78, 5) is 14.9. The fourth-order valence-corrected chi connectivity index (χ4v) is 1.72. The summed E-state index contributed by atoms with van der Waals surface area (Å²) in [7, 11) is 0. The first-order chi connectivity index (χ1) is 8.56. The van der Waals surface area contributed by atoms with E-state index in [2.05, 4.69) is 10.3 Å². The molecule has 0 aliphatic heterocycles. The molecule has 0 bridgehead atoms. The van der Waals surface area contributed by atoms with Gasteiger partial charge in [-0.2, -0.15) is 0 Å². The van der Waals surface area contributed by atoms with Gasteiger partial charge in [-0.25, -0.2) is 9.78 Å². The highest BCUT2D eigenvalue weighted by Crippen LogP contribution is 2.20. The zero-order chi connectivity index (χ0) is 13.1. The van der Waals surface area contributed by atoms with E-state index in [0.29, 0.717) is 5.82 Å². The largest absolute Gasteiger partial charge is 0.476 e. The number of hydrogen-bond acceptors (Lipinski definition) is 3. The van der Waals surface area contributed by atoms with Gasteiger partial charge in [0.05, 0.1) is 5.02 Å². The van der Waals surface area contributed by atoms with E-state index in [1.54, 1.807) is 6.07 Å². The number of pyridine rings is 1. The van der Waals surface area contributed by atoms with Crippen molar-refractivity contribution in [1.29, 1.82) is 0 Å². The summed E-state index contributed by atoms with van der Waals surface area (Å²) in [5, 5.41) is 12.1. The first-order valence-corrected chi connectivity index (χ1v) is 5.67. The van der Waals surface area contributed by atoms with Crippen LogP contribution in [-0.2, 0) is 0 Å². The summed E-state index contributed by atoms with van der Waals surface area (Å²) in [5.74, 6) is -0.699. The van der Waals surface area contributed by atoms with Gasteiger partial charge < -0.3 is 10.4 Å². The van der Waals surface area contributed by atoms with Crippen molar-refractivity contribution >= 4 is 29.1 Å². The van der Waals surface area contributed by atoms with E-state index in [1.165, 1.54) is 6.07 Å². The molecule has 2 rings (SSSR count). The van der Waals surface area contributed by atoms with Crippen molar-refractivity contribution in [3.8, 4) is 0 Å². The van der Waals surface area contributed by atoms with Crippen LogP contribution in [0.25, 0.3) is 0 Å². The molecule has 4 nitrogen and oxygen atoms in total. The molecule has 2 N–H and O–H groups in total. The molecule has 0 atom stereocenters. The van der Waals surface area contributed by atoms with Gasteiger partial charge in [-0.05, 0) is 36.8 Å². The van der Waals surface area contributed by atoms with Crippen LogP contribution < -0.4 is 5.32 Å². The number of carboxylic acids is 1. The standard InChI is InChI=1S/C13H11ClN2O2/c1-8-3-2-4-9(7-8)15-11-6-5-10(14)12(16-11)13(17)18/h2-7H,1H3,(H,15,16)(H,17,18). The maximum absolute atomic E-state index is 10.9. The molecule has 1 heterocycles. The van der Waals surface area contributed by atoms with Crippen LogP contribution in [0.2, 0.25) is 5.02 Å². The van der Waals surface area contributed by atoms with Crippen LogP contribution in [0.15, 0.2) is 36.4 Å². The lowest BCUT2D eigenvalue weighted by atomic mass is 10.2. The minimum atomic E-state index is -1.15. The van der Waals surface area contributed by atoms with Crippen molar-refractivity contribution in [2.45, 2.75) is 6.92 Å². The van der Waals surface area contributed by atoms with E-state index in [4.69, 9.17) is 16.7 Å². The molecular weight excluding hydrogens is 252 g/mol. The van der Waals surface area contributed by atoms with Crippen molar-refractivity contribution in [1.82, 2.24) is 4.98 Å². The van der Waals surface area contributed by atoms with Gasteiger partial charge in [0.25, 0.3) is 0 Å². The lowest BCUT2D eigenvalue weighted by Gasteiger charge is -2.07. The summed E-state index contributed by atoms with van der Waals surface area (Å²) in [6.07, 6.45) is 0. The number of aryl methyl sites for hydroxylation is 1. The molecular formula is C13H11ClN2O2. The molecule has 0 aliphatic rings. The van der Waals surface area contributed by atoms with Crippen LogP contribution in [0.4, 0.5) is 11.5 Å². The van der Waals surface area contributed by atoms with E-state index in [-0.39, 0.29) is 10.7 Å². The van der Waals surface area contributed by atoms with Gasteiger partial charge >= 0.3 is 5.97 Å². The molecule has 5 heteroatoms. The van der Waals surface area contributed by atoms with E-state index >= 15 is 0 Å². The normalized spacial score (nSPS) is 10.1. The minimum absolute atomic E-state index is 0.122. The third-order valence-electron chi connectivity index (χ3n) is 2.34. The predicted octanol–water partition coefficient (Wildman–Crippen LogP) is 3.49. The van der Waals surface area contributed by atoms with Gasteiger partial charge in [-0.3, -0.25) is 0 Å². The maximum Gasteiger partial charge on any atom is 0.356 e. The monoisotopic (exact) mass is 262 g/mol. The summed E-state index contributed by atoms with van der Waals surface area (Å²) >= 11 is 5.75. The van der Waals surface area contributed by atoms with E-state index in [9.17, 15) is 4.79 Å². The van der Waals surface area contributed by atoms with Gasteiger partial charge in [0.15, 0.2) is 5.69 Å². The lowest BCUT2D eigenvalue weighted by molar-refractivity contribution is 0.0691. The number of rotatable bonds is 3. The number of anilines is 2. The van der Waals surface area contributed by atoms with Crippen LogP contribution in [0, 0.1) is 6.92 Å². The molecule has 1 aromatic carbocycles. The maximum atomic E-state index is 10.9. The minimum Gasteiger partial charge on any atom is -0.476 e. The van der Waals surface area contributed by atoms with Gasteiger partial charge in [0.2, 0.25) is 0 Å². The van der Waals surface area contributed by atoms with Gasteiger partial charge in [-0.1, -0.05) is 23.7 Å². The Morgan fingerprint density at radius 3 is 2.78 bits per heavy atom. The number of aromatic carboxylic acids is 1. The zero-order valence-corrected chi connectivity index (χ0v) is 10.4. The topological polar surface area (TPSA) is 62.2 Å².